The molecule has 0 radical (unpaired) electrons. The molecule has 0 aromatic rings. The van der Waals surface area contributed by atoms with Crippen molar-refractivity contribution in [1.82, 2.24) is 5.32 Å². The number of nitrogens with one attached hydrogen (secondary N) is 1. The van der Waals surface area contributed by atoms with Gasteiger partial charge in [-0.2, -0.15) is 0 Å². The number of aliphatic hydroxyl groups is 1. The van der Waals surface area contributed by atoms with Crippen molar-refractivity contribution >= 4 is 0 Å². The Kier molecular flexibility index (Phi) is 5.26. The maximum absolute atomic E-state index is 9.61. The van der Waals surface area contributed by atoms with Crippen molar-refractivity contribution in [3.8, 4) is 0 Å². The fourth-order valence-corrected chi connectivity index (χ4v) is 3.08. The maximum Gasteiger partial charge on any atom is 0.0615 e. The van der Waals surface area contributed by atoms with E-state index in [2.05, 4.69) is 5.32 Å². The average Bonchev–Trinajstić information content (AvgIpc) is 2.66. The maximum atomic E-state index is 9.61. The lowest BCUT2D eigenvalue weighted by molar-refractivity contribution is 0.0101. The Morgan fingerprint density at radius 3 is 2.29 bits per heavy atom. The van der Waals surface area contributed by atoms with E-state index in [1.165, 1.54) is 38.5 Å². The highest BCUT2D eigenvalue weighted by atomic mass is 16.5. The van der Waals surface area contributed by atoms with Crippen LogP contribution in [0.3, 0.4) is 0 Å². The Morgan fingerprint density at radius 2 is 1.71 bits per heavy atom. The normalized spacial score (nSPS) is 26.6. The monoisotopic (exact) mass is 241 g/mol. The molecule has 1 aliphatic heterocycles. The lowest BCUT2D eigenvalue weighted by atomic mass is 9.89. The molecule has 1 aliphatic carbocycles. The Hall–Kier alpha value is -0.120. The molecule has 0 amide bonds. The highest BCUT2D eigenvalue weighted by Crippen LogP contribution is 2.25. The zero-order valence-corrected chi connectivity index (χ0v) is 10.9. The van der Waals surface area contributed by atoms with Gasteiger partial charge in [-0.1, -0.05) is 25.7 Å². The summed E-state index contributed by atoms with van der Waals surface area (Å²) < 4.78 is 5.39. The van der Waals surface area contributed by atoms with E-state index in [1.54, 1.807) is 0 Å². The van der Waals surface area contributed by atoms with Gasteiger partial charge in [-0.25, -0.2) is 0 Å². The van der Waals surface area contributed by atoms with Gasteiger partial charge in [0, 0.05) is 18.8 Å². The number of aliphatic hydroxyl groups excluding tert-OH is 1. The number of rotatable bonds is 4. The predicted molar refractivity (Wildman–Crippen MR) is 69.1 cm³/mol. The minimum atomic E-state index is -0.0510. The topological polar surface area (TPSA) is 41.5 Å². The van der Waals surface area contributed by atoms with Gasteiger partial charge < -0.3 is 15.2 Å². The molecule has 17 heavy (non-hydrogen) atoms. The van der Waals surface area contributed by atoms with Gasteiger partial charge in [0.1, 0.15) is 0 Å². The second kappa shape index (κ2) is 6.72. The summed E-state index contributed by atoms with van der Waals surface area (Å²) in [6, 6.07) is 0. The van der Waals surface area contributed by atoms with Gasteiger partial charge in [-0.3, -0.25) is 0 Å². The van der Waals surface area contributed by atoms with Gasteiger partial charge in [-0.15, -0.1) is 0 Å². The summed E-state index contributed by atoms with van der Waals surface area (Å²) in [6.45, 7) is 2.92. The fraction of sp³-hybridized carbons (Fsp3) is 1.00. The van der Waals surface area contributed by atoms with E-state index in [-0.39, 0.29) is 12.1 Å². The Bertz CT molecular complexity index is 206. The summed E-state index contributed by atoms with van der Waals surface area (Å²) in [5, 5.41) is 13.3. The number of hydrogen-bond acceptors (Lipinski definition) is 3. The molecular formula is C14H27NO2. The third-order valence-electron chi connectivity index (χ3n) is 4.49. The Labute approximate surface area is 105 Å². The molecule has 2 N–H and O–H groups in total. The minimum Gasteiger partial charge on any atom is -0.394 e. The van der Waals surface area contributed by atoms with Crippen molar-refractivity contribution in [3.05, 3.63) is 0 Å². The summed E-state index contributed by atoms with van der Waals surface area (Å²) in [6.07, 6.45) is 10.2. The Balaban J connectivity index is 1.77. The molecule has 0 spiro atoms. The predicted octanol–water partition coefficient (Wildman–Crippen LogP) is 2.09. The van der Waals surface area contributed by atoms with Gasteiger partial charge in [0.2, 0.25) is 0 Å². The summed E-state index contributed by atoms with van der Waals surface area (Å²) in [5.74, 6) is 0.823. The lowest BCUT2D eigenvalue weighted by Crippen LogP contribution is -2.53. The second-order valence-corrected chi connectivity index (χ2v) is 5.79. The van der Waals surface area contributed by atoms with Crippen LogP contribution in [0.2, 0.25) is 0 Å². The van der Waals surface area contributed by atoms with Gasteiger partial charge in [0.25, 0.3) is 0 Å². The molecule has 100 valence electrons. The number of hydrogen-bond donors (Lipinski definition) is 2. The standard InChI is InChI=1S/C14H27NO2/c16-12-14(7-9-17-10-8-14)15-11-13-5-3-1-2-4-6-13/h13,15-16H,1-12H2. The molecule has 2 rings (SSSR count). The molecule has 0 aromatic heterocycles. The second-order valence-electron chi connectivity index (χ2n) is 5.79. The zero-order chi connectivity index (χ0) is 12.0. The first-order valence-corrected chi connectivity index (χ1v) is 7.28. The van der Waals surface area contributed by atoms with Crippen LogP contribution >= 0.6 is 0 Å². The molecule has 0 aromatic carbocycles. The van der Waals surface area contributed by atoms with Crippen LogP contribution in [0.4, 0.5) is 0 Å². The van der Waals surface area contributed by atoms with Crippen molar-refractivity contribution in [2.75, 3.05) is 26.4 Å². The van der Waals surface area contributed by atoms with E-state index in [4.69, 9.17) is 4.74 Å². The van der Waals surface area contributed by atoms with Crippen LogP contribution in [0, 0.1) is 5.92 Å². The highest BCUT2D eigenvalue weighted by molar-refractivity contribution is 4.90. The van der Waals surface area contributed by atoms with Crippen molar-refractivity contribution in [2.24, 2.45) is 5.92 Å². The first kappa shape index (κ1) is 13.3. The fourth-order valence-electron chi connectivity index (χ4n) is 3.08. The van der Waals surface area contributed by atoms with Crippen LogP contribution in [-0.4, -0.2) is 37.0 Å². The van der Waals surface area contributed by atoms with E-state index in [9.17, 15) is 5.11 Å². The van der Waals surface area contributed by atoms with Crippen LogP contribution in [-0.2, 0) is 4.74 Å². The van der Waals surface area contributed by atoms with Crippen molar-refractivity contribution < 1.29 is 9.84 Å². The van der Waals surface area contributed by atoms with Gasteiger partial charge in [0.15, 0.2) is 0 Å². The van der Waals surface area contributed by atoms with Crippen molar-refractivity contribution in [3.63, 3.8) is 0 Å². The third-order valence-corrected chi connectivity index (χ3v) is 4.49. The average molecular weight is 241 g/mol. The first-order chi connectivity index (χ1) is 8.35. The molecule has 1 saturated heterocycles. The molecule has 2 aliphatic rings. The molecule has 3 nitrogen and oxygen atoms in total. The van der Waals surface area contributed by atoms with Gasteiger partial charge in [-0.05, 0) is 38.1 Å². The Morgan fingerprint density at radius 1 is 1.06 bits per heavy atom. The minimum absolute atomic E-state index is 0.0510. The molecule has 0 atom stereocenters. The van der Waals surface area contributed by atoms with E-state index in [0.29, 0.717) is 0 Å². The zero-order valence-electron chi connectivity index (χ0n) is 10.9. The summed E-state index contributed by atoms with van der Waals surface area (Å²) in [4.78, 5) is 0. The molecule has 2 fully saturated rings. The van der Waals surface area contributed by atoms with Crippen LogP contribution in [0.5, 0.6) is 0 Å². The van der Waals surface area contributed by atoms with E-state index in [1.807, 2.05) is 0 Å². The third kappa shape index (κ3) is 3.94. The quantitative estimate of drug-likeness (QED) is 0.741. The van der Waals surface area contributed by atoms with Crippen LogP contribution in [0.15, 0.2) is 0 Å². The van der Waals surface area contributed by atoms with Crippen molar-refractivity contribution in [1.29, 1.82) is 0 Å². The van der Waals surface area contributed by atoms with Crippen LogP contribution in [0.25, 0.3) is 0 Å². The van der Waals surface area contributed by atoms with E-state index in [0.717, 1.165) is 38.5 Å². The summed E-state index contributed by atoms with van der Waals surface area (Å²) in [5.41, 5.74) is -0.0510. The SMILES string of the molecule is OCC1(NCC2CCCCCC2)CCOCC1. The molecule has 0 unspecified atom stereocenters. The summed E-state index contributed by atoms with van der Waals surface area (Å²) in [7, 11) is 0. The van der Waals surface area contributed by atoms with Gasteiger partial charge >= 0.3 is 0 Å². The molecular weight excluding hydrogens is 214 g/mol. The van der Waals surface area contributed by atoms with Gasteiger partial charge in [0.05, 0.1) is 6.61 Å². The molecule has 1 heterocycles. The number of ether oxygens (including phenoxy) is 1. The van der Waals surface area contributed by atoms with Crippen LogP contribution < -0.4 is 5.32 Å². The smallest absolute Gasteiger partial charge is 0.0615 e. The molecule has 1 saturated carbocycles. The lowest BCUT2D eigenvalue weighted by Gasteiger charge is -2.37. The highest BCUT2D eigenvalue weighted by Gasteiger charge is 2.31. The molecule has 0 bridgehead atoms. The first-order valence-electron chi connectivity index (χ1n) is 7.28. The van der Waals surface area contributed by atoms with Crippen molar-refractivity contribution in [2.45, 2.75) is 56.9 Å². The molecule has 3 heteroatoms. The largest absolute Gasteiger partial charge is 0.394 e. The van der Waals surface area contributed by atoms with E-state index >= 15 is 0 Å². The van der Waals surface area contributed by atoms with E-state index < -0.39 is 0 Å². The summed E-state index contributed by atoms with van der Waals surface area (Å²) >= 11 is 0. The van der Waals surface area contributed by atoms with Crippen LogP contribution in [0.1, 0.15) is 51.4 Å².